The predicted octanol–water partition coefficient (Wildman–Crippen LogP) is 2.62. The number of benzene rings is 2. The van der Waals surface area contributed by atoms with Crippen LogP contribution in [0.5, 0.6) is 0 Å². The van der Waals surface area contributed by atoms with Crippen LogP contribution in [0, 0.1) is 11.6 Å². The maximum Gasteiger partial charge on any atom is 0.282 e. The van der Waals surface area contributed by atoms with Gasteiger partial charge in [-0.15, -0.1) is 0 Å². The molecule has 1 amide bonds. The van der Waals surface area contributed by atoms with Gasteiger partial charge >= 0.3 is 0 Å². The van der Waals surface area contributed by atoms with Crippen LogP contribution in [0.15, 0.2) is 48.5 Å². The second kappa shape index (κ2) is 7.13. The summed E-state index contributed by atoms with van der Waals surface area (Å²) in [7, 11) is 0. The van der Waals surface area contributed by atoms with Crippen LogP contribution in [0.3, 0.4) is 0 Å². The first-order valence-corrected chi connectivity index (χ1v) is 7.13. The van der Waals surface area contributed by atoms with Crippen molar-refractivity contribution in [3.63, 3.8) is 0 Å². The summed E-state index contributed by atoms with van der Waals surface area (Å²) >= 11 is 0. The minimum atomic E-state index is -0.781. The lowest BCUT2D eigenvalue weighted by Crippen LogP contribution is -2.91. The molecule has 0 aliphatic rings. The van der Waals surface area contributed by atoms with Gasteiger partial charge < -0.3 is 10.6 Å². The van der Waals surface area contributed by atoms with E-state index in [0.29, 0.717) is 0 Å². The fourth-order valence-corrected chi connectivity index (χ4v) is 2.23. The quantitative estimate of drug-likeness (QED) is 0.876. The SMILES string of the molecule is C[C@H]([NH2+][C@H](C)C(=O)Nc1ccc(F)cc1F)c1ccccc1. The monoisotopic (exact) mass is 305 g/mol. The molecule has 2 aromatic rings. The molecule has 0 aliphatic carbocycles. The number of quaternary nitrogens is 1. The van der Waals surface area contributed by atoms with E-state index in [0.717, 1.165) is 17.7 Å². The van der Waals surface area contributed by atoms with Gasteiger partial charge in [-0.25, -0.2) is 8.78 Å². The Labute approximate surface area is 128 Å². The first kappa shape index (κ1) is 16.1. The molecule has 2 rings (SSSR count). The Morgan fingerprint density at radius 1 is 1.09 bits per heavy atom. The van der Waals surface area contributed by atoms with Gasteiger partial charge in [0.05, 0.1) is 5.69 Å². The van der Waals surface area contributed by atoms with Crippen LogP contribution in [0.2, 0.25) is 0 Å². The predicted molar refractivity (Wildman–Crippen MR) is 81.2 cm³/mol. The molecule has 0 aliphatic heterocycles. The Hall–Kier alpha value is -2.27. The molecule has 3 nitrogen and oxygen atoms in total. The topological polar surface area (TPSA) is 45.7 Å². The summed E-state index contributed by atoms with van der Waals surface area (Å²) in [5, 5.41) is 4.38. The molecule has 22 heavy (non-hydrogen) atoms. The van der Waals surface area contributed by atoms with Crippen LogP contribution in [-0.2, 0) is 4.79 Å². The minimum absolute atomic E-state index is 0.0148. The van der Waals surface area contributed by atoms with E-state index < -0.39 is 17.7 Å². The van der Waals surface area contributed by atoms with Crippen LogP contribution in [0.4, 0.5) is 14.5 Å². The third-order valence-corrected chi connectivity index (χ3v) is 3.51. The van der Waals surface area contributed by atoms with Crippen LogP contribution < -0.4 is 10.6 Å². The van der Waals surface area contributed by atoms with Gasteiger partial charge in [-0.3, -0.25) is 4.79 Å². The number of amides is 1. The van der Waals surface area contributed by atoms with Crippen molar-refractivity contribution in [3.8, 4) is 0 Å². The normalized spacial score (nSPS) is 13.5. The van der Waals surface area contributed by atoms with Crippen LogP contribution in [0.25, 0.3) is 0 Å². The Bertz CT molecular complexity index is 646. The van der Waals surface area contributed by atoms with Gasteiger partial charge in [0, 0.05) is 11.6 Å². The average Bonchev–Trinajstić information content (AvgIpc) is 2.50. The van der Waals surface area contributed by atoms with Gasteiger partial charge in [-0.05, 0) is 26.0 Å². The van der Waals surface area contributed by atoms with Gasteiger partial charge in [-0.1, -0.05) is 30.3 Å². The van der Waals surface area contributed by atoms with Crippen molar-refractivity contribution < 1.29 is 18.9 Å². The zero-order valence-electron chi connectivity index (χ0n) is 12.5. The molecule has 0 saturated carbocycles. The van der Waals surface area contributed by atoms with E-state index in [4.69, 9.17) is 0 Å². The number of nitrogens with two attached hydrogens (primary N) is 1. The standard InChI is InChI=1S/C17H18F2N2O/c1-11(13-6-4-3-5-7-13)20-12(2)17(22)21-16-9-8-14(18)10-15(16)19/h3-12,20H,1-2H3,(H,21,22)/p+1/t11-,12+/m0/s1. The van der Waals surface area contributed by atoms with Crippen molar-refractivity contribution in [3.05, 3.63) is 65.7 Å². The Balaban J connectivity index is 1.97. The van der Waals surface area contributed by atoms with Crippen molar-refractivity contribution >= 4 is 11.6 Å². The second-order valence-corrected chi connectivity index (χ2v) is 5.29. The lowest BCUT2D eigenvalue weighted by Gasteiger charge is -2.17. The molecule has 5 heteroatoms. The third kappa shape index (κ3) is 4.11. The molecule has 2 aromatic carbocycles. The maximum atomic E-state index is 13.5. The van der Waals surface area contributed by atoms with Gasteiger partial charge in [0.2, 0.25) is 0 Å². The Morgan fingerprint density at radius 3 is 2.41 bits per heavy atom. The van der Waals surface area contributed by atoms with E-state index in [-0.39, 0.29) is 17.6 Å². The summed E-state index contributed by atoms with van der Waals surface area (Å²) in [6.45, 7) is 3.74. The van der Waals surface area contributed by atoms with Crippen LogP contribution >= 0.6 is 0 Å². The van der Waals surface area contributed by atoms with Crippen molar-refractivity contribution in [2.45, 2.75) is 25.9 Å². The molecule has 0 spiro atoms. The molecule has 0 saturated heterocycles. The van der Waals surface area contributed by atoms with Crippen LogP contribution in [0.1, 0.15) is 25.5 Å². The lowest BCUT2D eigenvalue weighted by molar-refractivity contribution is -0.709. The number of carbonyl (C=O) groups excluding carboxylic acids is 1. The highest BCUT2D eigenvalue weighted by Crippen LogP contribution is 2.15. The van der Waals surface area contributed by atoms with Crippen molar-refractivity contribution in [1.82, 2.24) is 0 Å². The summed E-state index contributed by atoms with van der Waals surface area (Å²) < 4.78 is 26.4. The van der Waals surface area contributed by atoms with E-state index in [9.17, 15) is 13.6 Å². The summed E-state index contributed by atoms with van der Waals surface area (Å²) in [6.07, 6.45) is 0. The molecule has 0 heterocycles. The second-order valence-electron chi connectivity index (χ2n) is 5.29. The van der Waals surface area contributed by atoms with Crippen LogP contribution in [-0.4, -0.2) is 11.9 Å². The molecule has 2 atom stereocenters. The van der Waals surface area contributed by atoms with Crippen molar-refractivity contribution in [2.24, 2.45) is 0 Å². The van der Waals surface area contributed by atoms with Gasteiger partial charge in [0.1, 0.15) is 17.7 Å². The van der Waals surface area contributed by atoms with Crippen molar-refractivity contribution in [2.75, 3.05) is 5.32 Å². The van der Waals surface area contributed by atoms with E-state index in [2.05, 4.69) is 5.32 Å². The first-order chi connectivity index (χ1) is 10.5. The number of hydrogen-bond donors (Lipinski definition) is 2. The Morgan fingerprint density at radius 2 is 1.77 bits per heavy atom. The number of hydrogen-bond acceptors (Lipinski definition) is 1. The molecule has 0 unspecified atom stereocenters. The molecule has 0 radical (unpaired) electrons. The maximum absolute atomic E-state index is 13.5. The highest BCUT2D eigenvalue weighted by atomic mass is 19.1. The van der Waals surface area contributed by atoms with Gasteiger partial charge in [0.15, 0.2) is 6.04 Å². The summed E-state index contributed by atoms with van der Waals surface area (Å²) in [4.78, 5) is 12.1. The van der Waals surface area contributed by atoms with Gasteiger partial charge in [0.25, 0.3) is 5.91 Å². The largest absolute Gasteiger partial charge is 0.330 e. The van der Waals surface area contributed by atoms with E-state index >= 15 is 0 Å². The number of anilines is 1. The number of carbonyl (C=O) groups is 1. The fourth-order valence-electron chi connectivity index (χ4n) is 2.23. The molecule has 0 aromatic heterocycles. The number of halogens is 2. The first-order valence-electron chi connectivity index (χ1n) is 7.13. The summed E-state index contributed by atoms with van der Waals surface area (Å²) in [5.74, 6) is -1.78. The fraction of sp³-hybridized carbons (Fsp3) is 0.235. The summed E-state index contributed by atoms with van der Waals surface area (Å²) in [5.41, 5.74) is 1.09. The molecular weight excluding hydrogens is 286 g/mol. The van der Waals surface area contributed by atoms with E-state index in [1.165, 1.54) is 6.07 Å². The highest BCUT2D eigenvalue weighted by Gasteiger charge is 2.21. The Kier molecular flexibility index (Phi) is 5.22. The van der Waals surface area contributed by atoms with E-state index in [1.54, 1.807) is 6.92 Å². The van der Waals surface area contributed by atoms with E-state index in [1.807, 2.05) is 42.6 Å². The van der Waals surface area contributed by atoms with Crippen molar-refractivity contribution in [1.29, 1.82) is 0 Å². The molecule has 0 fully saturated rings. The zero-order chi connectivity index (χ0) is 16.1. The molecule has 3 N–H and O–H groups in total. The molecule has 116 valence electrons. The highest BCUT2D eigenvalue weighted by molar-refractivity contribution is 5.93. The number of rotatable bonds is 5. The third-order valence-electron chi connectivity index (χ3n) is 3.51. The minimum Gasteiger partial charge on any atom is -0.330 e. The number of nitrogens with one attached hydrogen (secondary N) is 1. The molecule has 0 bridgehead atoms. The smallest absolute Gasteiger partial charge is 0.282 e. The van der Waals surface area contributed by atoms with Gasteiger partial charge in [-0.2, -0.15) is 0 Å². The molecular formula is C17H19F2N2O+. The summed E-state index contributed by atoms with van der Waals surface area (Å²) in [6, 6.07) is 12.6. The zero-order valence-corrected chi connectivity index (χ0v) is 12.5. The lowest BCUT2D eigenvalue weighted by atomic mass is 10.1. The average molecular weight is 305 g/mol.